The zero-order valence-corrected chi connectivity index (χ0v) is 12.3. The molecule has 0 radical (unpaired) electrons. The van der Waals surface area contributed by atoms with Gasteiger partial charge in [-0.2, -0.15) is 8.78 Å². The number of alkyl halides is 2. The van der Waals surface area contributed by atoms with E-state index >= 15 is 0 Å². The van der Waals surface area contributed by atoms with E-state index in [4.69, 9.17) is 16.3 Å². The Labute approximate surface area is 127 Å². The maximum atomic E-state index is 14.1. The number of nitrogens with one attached hydrogen (secondary N) is 1. The van der Waals surface area contributed by atoms with Gasteiger partial charge in [-0.3, -0.25) is 0 Å². The average Bonchev–Trinajstić information content (AvgIpc) is 2.49. The van der Waals surface area contributed by atoms with Gasteiger partial charge in [-0.25, -0.2) is 0 Å². The van der Waals surface area contributed by atoms with Crippen LogP contribution in [0.15, 0.2) is 48.5 Å². The normalized spacial score (nSPS) is 11.4. The first-order valence-electron chi connectivity index (χ1n) is 6.53. The Hall–Kier alpha value is -1.65. The minimum Gasteiger partial charge on any atom is -0.487 e. The minimum absolute atomic E-state index is 0.0674. The minimum atomic E-state index is -3.06. The summed E-state index contributed by atoms with van der Waals surface area (Å²) in [6, 6.07) is 12.6. The third kappa shape index (κ3) is 3.93. The molecule has 21 heavy (non-hydrogen) atoms. The van der Waals surface area contributed by atoms with E-state index in [2.05, 4.69) is 5.32 Å². The quantitative estimate of drug-likeness (QED) is 0.862. The topological polar surface area (TPSA) is 21.3 Å². The molecule has 112 valence electrons. The zero-order chi connectivity index (χ0) is 15.3. The Morgan fingerprint density at radius 1 is 1.10 bits per heavy atom. The van der Waals surface area contributed by atoms with E-state index in [0.29, 0.717) is 22.9 Å². The summed E-state index contributed by atoms with van der Waals surface area (Å²) in [5.41, 5.74) is 0.604. The Balaban J connectivity index is 2.14. The molecule has 2 aromatic rings. The predicted molar refractivity (Wildman–Crippen MR) is 80.0 cm³/mol. The van der Waals surface area contributed by atoms with Crippen molar-refractivity contribution in [1.82, 2.24) is 5.32 Å². The van der Waals surface area contributed by atoms with Crippen LogP contribution in [0.2, 0.25) is 5.02 Å². The summed E-state index contributed by atoms with van der Waals surface area (Å²) in [5, 5.41) is 3.43. The molecule has 0 spiro atoms. The summed E-state index contributed by atoms with van der Waals surface area (Å²) in [7, 11) is 1.76. The van der Waals surface area contributed by atoms with Gasteiger partial charge >= 0.3 is 5.92 Å². The van der Waals surface area contributed by atoms with E-state index < -0.39 is 12.5 Å². The molecule has 0 atom stereocenters. The molecule has 0 heterocycles. The maximum absolute atomic E-state index is 14.1. The summed E-state index contributed by atoms with van der Waals surface area (Å²) in [6.07, 6.45) is 0. The molecular weight excluding hydrogens is 296 g/mol. The lowest BCUT2D eigenvalue weighted by atomic mass is 10.1. The molecule has 0 saturated carbocycles. The van der Waals surface area contributed by atoms with Crippen LogP contribution in [0.3, 0.4) is 0 Å². The Kier molecular flexibility index (Phi) is 5.15. The van der Waals surface area contributed by atoms with Crippen molar-refractivity contribution >= 4 is 11.6 Å². The number of halogens is 3. The van der Waals surface area contributed by atoms with E-state index in [1.165, 1.54) is 12.1 Å². The summed E-state index contributed by atoms with van der Waals surface area (Å²) in [4.78, 5) is 0. The molecule has 2 aromatic carbocycles. The molecule has 0 bridgehead atoms. The lowest BCUT2D eigenvalue weighted by molar-refractivity contribution is -0.0469. The largest absolute Gasteiger partial charge is 0.487 e. The predicted octanol–water partition coefficient (Wildman–Crippen LogP) is 4.23. The van der Waals surface area contributed by atoms with Crippen molar-refractivity contribution in [3.63, 3.8) is 0 Å². The summed E-state index contributed by atoms with van der Waals surface area (Å²) >= 11 is 6.07. The van der Waals surface area contributed by atoms with Gasteiger partial charge in [0.15, 0.2) is 6.61 Å². The van der Waals surface area contributed by atoms with Gasteiger partial charge in [0.25, 0.3) is 0 Å². The smallest absolute Gasteiger partial charge is 0.306 e. The highest BCUT2D eigenvalue weighted by atomic mass is 35.5. The fourth-order valence-corrected chi connectivity index (χ4v) is 2.19. The Bertz CT molecular complexity index is 590. The third-order valence-corrected chi connectivity index (χ3v) is 3.39. The monoisotopic (exact) mass is 311 g/mol. The van der Waals surface area contributed by atoms with Gasteiger partial charge in [0.2, 0.25) is 0 Å². The van der Waals surface area contributed by atoms with Crippen LogP contribution in [0.25, 0.3) is 0 Å². The lowest BCUT2D eigenvalue weighted by Gasteiger charge is -2.19. The van der Waals surface area contributed by atoms with Crippen LogP contribution in [-0.2, 0) is 12.5 Å². The van der Waals surface area contributed by atoms with Crippen LogP contribution in [0.1, 0.15) is 11.1 Å². The van der Waals surface area contributed by atoms with E-state index in [1.54, 1.807) is 43.4 Å². The third-order valence-electron chi connectivity index (χ3n) is 3.03. The molecular formula is C16H16ClF2NO. The molecule has 0 unspecified atom stereocenters. The van der Waals surface area contributed by atoms with Crippen LogP contribution in [-0.4, -0.2) is 13.7 Å². The molecule has 0 saturated heterocycles. The second-order valence-electron chi connectivity index (χ2n) is 4.61. The molecule has 2 nitrogen and oxygen atoms in total. The molecule has 0 aliphatic carbocycles. The number of ether oxygens (including phenoxy) is 1. The van der Waals surface area contributed by atoms with E-state index in [9.17, 15) is 8.78 Å². The SMILES string of the molecule is CNCc1c(Cl)cccc1OCC(F)(F)c1ccccc1. The molecule has 0 fully saturated rings. The molecule has 1 N–H and O–H groups in total. The van der Waals surface area contributed by atoms with Crippen molar-refractivity contribution < 1.29 is 13.5 Å². The van der Waals surface area contributed by atoms with E-state index in [0.717, 1.165) is 0 Å². The Morgan fingerprint density at radius 2 is 1.81 bits per heavy atom. The van der Waals surface area contributed by atoms with Crippen LogP contribution >= 0.6 is 11.6 Å². The highest BCUT2D eigenvalue weighted by Gasteiger charge is 2.32. The standard InChI is InChI=1S/C16H16ClF2NO/c1-20-10-13-14(17)8-5-9-15(13)21-11-16(18,19)12-6-3-2-4-7-12/h2-9,20H,10-11H2,1H3. The van der Waals surface area contributed by atoms with Gasteiger partial charge in [0.05, 0.1) is 0 Å². The molecule has 0 amide bonds. The number of hydrogen-bond donors (Lipinski definition) is 1. The number of hydrogen-bond acceptors (Lipinski definition) is 2. The molecule has 0 aliphatic rings. The van der Waals surface area contributed by atoms with Gasteiger partial charge in [0, 0.05) is 22.7 Å². The van der Waals surface area contributed by atoms with Crippen molar-refractivity contribution in [2.75, 3.05) is 13.7 Å². The highest BCUT2D eigenvalue weighted by molar-refractivity contribution is 6.31. The fourth-order valence-electron chi connectivity index (χ4n) is 1.96. The first-order valence-corrected chi connectivity index (χ1v) is 6.90. The van der Waals surface area contributed by atoms with Crippen molar-refractivity contribution in [2.24, 2.45) is 0 Å². The lowest BCUT2D eigenvalue weighted by Crippen LogP contribution is -2.23. The van der Waals surface area contributed by atoms with Crippen LogP contribution in [0, 0.1) is 0 Å². The molecule has 0 aliphatic heterocycles. The molecule has 5 heteroatoms. The fraction of sp³-hybridized carbons (Fsp3) is 0.250. The van der Waals surface area contributed by atoms with Crippen LogP contribution < -0.4 is 10.1 Å². The van der Waals surface area contributed by atoms with Gasteiger partial charge < -0.3 is 10.1 Å². The molecule has 2 rings (SSSR count). The van der Waals surface area contributed by atoms with Crippen molar-refractivity contribution in [3.8, 4) is 5.75 Å². The summed E-state index contributed by atoms with van der Waals surface area (Å²) in [6.45, 7) is -0.278. The number of rotatable bonds is 6. The zero-order valence-electron chi connectivity index (χ0n) is 11.6. The van der Waals surface area contributed by atoms with Gasteiger partial charge in [-0.15, -0.1) is 0 Å². The van der Waals surface area contributed by atoms with Gasteiger partial charge in [-0.1, -0.05) is 48.0 Å². The van der Waals surface area contributed by atoms with E-state index in [-0.39, 0.29) is 5.56 Å². The maximum Gasteiger partial charge on any atom is 0.306 e. The van der Waals surface area contributed by atoms with Crippen LogP contribution in [0.5, 0.6) is 5.75 Å². The summed E-state index contributed by atoms with van der Waals surface area (Å²) < 4.78 is 33.5. The second-order valence-corrected chi connectivity index (χ2v) is 5.01. The van der Waals surface area contributed by atoms with Gasteiger partial charge in [0.1, 0.15) is 5.75 Å². The first kappa shape index (κ1) is 15.7. The average molecular weight is 312 g/mol. The first-order chi connectivity index (χ1) is 10.0. The highest BCUT2D eigenvalue weighted by Crippen LogP contribution is 2.31. The van der Waals surface area contributed by atoms with Crippen LogP contribution in [0.4, 0.5) is 8.78 Å². The molecule has 0 aromatic heterocycles. The van der Waals surface area contributed by atoms with Crippen molar-refractivity contribution in [3.05, 3.63) is 64.7 Å². The van der Waals surface area contributed by atoms with Gasteiger partial charge in [-0.05, 0) is 19.2 Å². The second kappa shape index (κ2) is 6.87. The Morgan fingerprint density at radius 3 is 2.48 bits per heavy atom. The van der Waals surface area contributed by atoms with E-state index in [1.807, 2.05) is 0 Å². The number of benzene rings is 2. The van der Waals surface area contributed by atoms with Crippen molar-refractivity contribution in [1.29, 1.82) is 0 Å². The summed E-state index contributed by atoms with van der Waals surface area (Å²) in [5.74, 6) is -2.69. The van der Waals surface area contributed by atoms with Crippen molar-refractivity contribution in [2.45, 2.75) is 12.5 Å².